The molecule has 562 valence electrons. The van der Waals surface area contributed by atoms with Crippen LogP contribution in [0.2, 0.25) is 0 Å². The zero-order valence-corrected chi connectivity index (χ0v) is 56.0. The van der Waals surface area contributed by atoms with Crippen LogP contribution in [-0.2, 0) is 33.3 Å². The number of amides is 2. The molecule has 0 bridgehead atoms. The molecule has 0 radical (unpaired) electrons. The number of nitrogens with zero attached hydrogens (tertiary/aromatic N) is 12. The highest BCUT2D eigenvalue weighted by Gasteiger charge is 2.62. The fourth-order valence-electron chi connectivity index (χ4n) is 12.2. The number of hydrogen-bond donors (Lipinski definition) is 15. The van der Waals surface area contributed by atoms with E-state index in [4.69, 9.17) is 58.9 Å². The predicted octanol–water partition coefficient (Wildman–Crippen LogP) is -4.01. The molecule has 40 heteroatoms. The number of aliphatic imine (C=N–C) groups is 7. The van der Waals surface area contributed by atoms with Crippen LogP contribution in [0.5, 0.6) is 0 Å². The van der Waals surface area contributed by atoms with E-state index in [0.29, 0.717) is 11.7 Å². The lowest BCUT2D eigenvalue weighted by molar-refractivity contribution is -0.132. The third kappa shape index (κ3) is 15.1. The molecule has 18 N–H and O–H groups in total. The number of nitrogens with two attached hydrogens (primary N) is 3. The first-order valence-corrected chi connectivity index (χ1v) is 31.8. The van der Waals surface area contributed by atoms with Crippen molar-refractivity contribution in [3.05, 3.63) is 118 Å². The molecular weight excluding hydrogens is 1400 g/mol. The van der Waals surface area contributed by atoms with Crippen LogP contribution in [-0.4, -0.2) is 313 Å². The van der Waals surface area contributed by atoms with Gasteiger partial charge in [-0.2, -0.15) is 0 Å². The fourth-order valence-corrected chi connectivity index (χ4v) is 12.5. The molecule has 103 heavy (non-hydrogen) atoms. The Morgan fingerprint density at radius 3 is 1.31 bits per heavy atom. The van der Waals surface area contributed by atoms with E-state index in [9.17, 15) is 82.6 Å². The molecule has 34 nitrogen and oxygen atoms in total. The van der Waals surface area contributed by atoms with Crippen molar-refractivity contribution in [2.75, 3.05) is 38.9 Å². The van der Waals surface area contributed by atoms with Crippen LogP contribution in [0.25, 0.3) is 0 Å². The summed E-state index contributed by atoms with van der Waals surface area (Å²) in [6.45, 7) is 21.5. The zero-order chi connectivity index (χ0) is 76.2. The van der Waals surface area contributed by atoms with Crippen molar-refractivity contribution in [2.24, 2.45) is 52.1 Å². The Balaban J connectivity index is 0.000000163. The molecule has 0 aromatic carbocycles. The second kappa shape index (κ2) is 32.2. The standard InChI is InChI=1S/C13H17FN4O4.C13H15FN4O4.C13H18FN3O3.C13H16FN3O3.C11H15ClFN3O3/c2*1-3-13(4-19)9(20)7(14)12(22-13)18-5-15-8-10(18)16-6(2)17-11(8)21;2*1-3-5-13(7-18)11(19)10(14)12(20-13)17-6-4-9(15)16-8(17)2;1-6-15-7(14)2-3-16(6)10-8(13)9(18)11(4-12,5-17)19-10/h3,5,7-10,12,19-20H,1,4H2,2H3,(H,16,17,21);1,5,7-10,12,19-20H,4H2,2H3,(H,16,17,21);3-4,6,10-12,18-19H,1-2,5,7H2,(H2,15,16);4-6,10-12,18-19H,1-2,7H2,(H2,15,16);2-3,8-10,17-18H,1,4-5H2,(H2,14,15)/t2*7-,8?,9+,10?,12-,13-;2*10-,11+,12-,13-;8-,9+,10-,11-/m11111/s1. The third-order valence-corrected chi connectivity index (χ3v) is 18.5. The minimum absolute atomic E-state index is 0.122. The summed E-state index contributed by atoms with van der Waals surface area (Å²) in [5, 5.41) is 102. The minimum atomic E-state index is -1.88. The van der Waals surface area contributed by atoms with Crippen molar-refractivity contribution in [3.63, 3.8) is 0 Å². The summed E-state index contributed by atoms with van der Waals surface area (Å²) in [5.41, 5.74) is 10.9. The van der Waals surface area contributed by atoms with Crippen LogP contribution in [0, 0.1) is 12.3 Å². The van der Waals surface area contributed by atoms with Gasteiger partial charge >= 0.3 is 0 Å². The Hall–Kier alpha value is -8.63. The lowest BCUT2D eigenvalue weighted by atomic mass is 9.93. The molecule has 5 saturated heterocycles. The quantitative estimate of drug-likeness (QED) is 0.0244. The van der Waals surface area contributed by atoms with Gasteiger partial charge in [0.1, 0.15) is 99.6 Å². The van der Waals surface area contributed by atoms with Crippen molar-refractivity contribution in [2.45, 2.75) is 165 Å². The lowest BCUT2D eigenvalue weighted by Gasteiger charge is -2.33. The number of halogens is 6. The molecule has 0 aromatic rings. The maximum absolute atomic E-state index is 14.5. The van der Waals surface area contributed by atoms with E-state index < -0.39 is 178 Å². The average Bonchev–Trinajstić information content (AvgIpc) is 1.62. The van der Waals surface area contributed by atoms with Gasteiger partial charge in [0.25, 0.3) is 11.8 Å². The predicted molar refractivity (Wildman–Crippen MR) is 360 cm³/mol. The Labute approximate surface area is 591 Å². The molecule has 12 aliphatic rings. The molecule has 2 amide bonds. The first-order valence-electron chi connectivity index (χ1n) is 31.2. The summed E-state index contributed by atoms with van der Waals surface area (Å²) in [6, 6.07) is -1.60. The summed E-state index contributed by atoms with van der Waals surface area (Å²) in [4.78, 5) is 58.5. The number of nitrogens with one attached hydrogen (secondary N) is 2. The van der Waals surface area contributed by atoms with E-state index in [1.807, 2.05) is 0 Å². The first kappa shape index (κ1) is 80.1. The van der Waals surface area contributed by atoms with Gasteiger partial charge in [-0.1, -0.05) is 44.4 Å². The summed E-state index contributed by atoms with van der Waals surface area (Å²) < 4.78 is 99.0. The van der Waals surface area contributed by atoms with E-state index in [1.54, 1.807) is 13.8 Å². The van der Waals surface area contributed by atoms with E-state index in [2.05, 4.69) is 96.7 Å². The van der Waals surface area contributed by atoms with Gasteiger partial charge < -0.3 is 127 Å². The number of carbonyl (C=O) groups is 2. The number of ether oxygens (including phenoxy) is 5. The van der Waals surface area contributed by atoms with Crippen LogP contribution in [0.1, 0.15) is 20.3 Å². The second-order valence-electron chi connectivity index (χ2n) is 24.6. The number of hydrogen-bond acceptors (Lipinski definition) is 32. The van der Waals surface area contributed by atoms with E-state index in [-0.39, 0.29) is 59.1 Å². The van der Waals surface area contributed by atoms with E-state index in [0.717, 1.165) is 0 Å². The van der Waals surface area contributed by atoms with Crippen LogP contribution >= 0.6 is 11.6 Å². The van der Waals surface area contributed by atoms with Crippen LogP contribution in [0.4, 0.5) is 22.0 Å². The Morgan fingerprint density at radius 1 is 0.583 bits per heavy atom. The summed E-state index contributed by atoms with van der Waals surface area (Å²) in [6.07, 6.45) is -3.71. The van der Waals surface area contributed by atoms with E-state index >= 15 is 0 Å². The summed E-state index contributed by atoms with van der Waals surface area (Å²) >= 11 is 5.67. The van der Waals surface area contributed by atoms with Gasteiger partial charge in [-0.25, -0.2) is 46.9 Å². The molecule has 0 spiro atoms. The van der Waals surface area contributed by atoms with Gasteiger partial charge in [0.05, 0.1) is 51.6 Å². The van der Waals surface area contributed by atoms with Crippen molar-refractivity contribution in [1.82, 2.24) is 35.1 Å². The molecule has 24 atom stereocenters. The molecule has 0 saturated carbocycles. The van der Waals surface area contributed by atoms with Gasteiger partial charge in [0.15, 0.2) is 92.0 Å². The molecule has 12 aliphatic heterocycles. The number of alkyl halides is 6. The number of rotatable bonds is 15. The summed E-state index contributed by atoms with van der Waals surface area (Å²) in [7, 11) is 0. The monoisotopic (exact) mass is 1480 g/mol. The van der Waals surface area contributed by atoms with Crippen LogP contribution < -0.4 is 27.8 Å². The van der Waals surface area contributed by atoms with Crippen molar-refractivity contribution >= 4 is 65.3 Å². The second-order valence-corrected chi connectivity index (χ2v) is 24.9. The smallest absolute Gasteiger partial charge is 0.254 e. The highest BCUT2D eigenvalue weighted by molar-refractivity contribution is 6.18. The molecule has 12 heterocycles. The average molecular weight is 1480 g/mol. The van der Waals surface area contributed by atoms with Crippen molar-refractivity contribution in [3.8, 4) is 12.3 Å². The van der Waals surface area contributed by atoms with Gasteiger partial charge in [0.2, 0.25) is 0 Å². The normalized spacial score (nSPS) is 40.2. The summed E-state index contributed by atoms with van der Waals surface area (Å²) in [5.74, 6) is 3.25. The maximum Gasteiger partial charge on any atom is 0.254 e. The SMILES string of the molecule is C#C[C@]1(CO)O[C@@H](N2C=NC3C(=O)NC(C)=NC32)[C@H](F)[C@@H]1O.C=C1N=C(N)C=CN1[C@@H]1O[C@@](CO)(CCl)[C@@H](O)[C@H]1F.C=C=C[C@]1(CO)O[C@@H](N2C=CC(N)=NC2=C)[C@H](F)[C@@H]1O.C=CC[C@]1(CO)O[C@@H](N2C=CC(N)=NC2=C)[C@H](F)[C@@H]1O.C=C[C@]1(CO)O[C@@H](N2C=NC3C(=O)NC(C)=NC32)[C@H](F)[C@@H]1O. The van der Waals surface area contributed by atoms with Gasteiger partial charge in [-0.15, -0.1) is 36.9 Å². The molecule has 0 aromatic heterocycles. The van der Waals surface area contributed by atoms with Crippen molar-refractivity contribution in [1.29, 1.82) is 0 Å². The number of aliphatic hydroxyl groups is 10. The highest BCUT2D eigenvalue weighted by atomic mass is 35.5. The maximum atomic E-state index is 14.5. The lowest BCUT2D eigenvalue weighted by Crippen LogP contribution is -2.54. The molecule has 12 rings (SSSR count). The minimum Gasteiger partial charge on any atom is -0.393 e. The number of terminal acetylenes is 1. The zero-order valence-electron chi connectivity index (χ0n) is 55.3. The first-order chi connectivity index (χ1) is 48.7. The Bertz CT molecular complexity index is 3690. The fraction of sp³-hybridized carbons (Fsp3) is 0.524. The molecule has 0 aliphatic carbocycles. The van der Waals surface area contributed by atoms with Crippen LogP contribution in [0.3, 0.4) is 0 Å². The number of aliphatic hydroxyl groups excluding tert-OH is 10. The van der Waals surface area contributed by atoms with E-state index in [1.165, 1.54) is 92.2 Å². The van der Waals surface area contributed by atoms with Crippen LogP contribution in [0.15, 0.2) is 153 Å². The number of fused-ring (bicyclic) bond motifs is 2. The topological polar surface area (TPSA) is 487 Å². The number of carbonyl (C=O) groups excluding carboxylic acids is 2. The highest BCUT2D eigenvalue weighted by Crippen LogP contribution is 2.43. The van der Waals surface area contributed by atoms with Gasteiger partial charge in [-0.05, 0) is 44.6 Å². The molecule has 5 fully saturated rings. The third-order valence-electron chi connectivity index (χ3n) is 18.1. The molecular formula is C63H81ClF5N17O17. The number of amidine groups is 5. The Morgan fingerprint density at radius 2 is 0.961 bits per heavy atom. The van der Waals surface area contributed by atoms with Crippen molar-refractivity contribution < 1.29 is 106 Å². The molecule has 4 unspecified atom stereocenters. The van der Waals surface area contributed by atoms with Gasteiger partial charge in [-0.3, -0.25) is 19.6 Å². The Kier molecular flexibility index (Phi) is 25.0. The largest absolute Gasteiger partial charge is 0.393 e. The van der Waals surface area contributed by atoms with Gasteiger partial charge in [0, 0.05) is 18.6 Å².